The third kappa shape index (κ3) is 8.99. The smallest absolute Gasteiger partial charge is 0.303 e. The normalized spacial score (nSPS) is 16.1. The van der Waals surface area contributed by atoms with Gasteiger partial charge in [-0.25, -0.2) is 0 Å². The van der Waals surface area contributed by atoms with Crippen LogP contribution in [-0.2, 0) is 14.4 Å². The van der Waals surface area contributed by atoms with E-state index in [4.69, 9.17) is 21.7 Å². The molecule has 0 aliphatic carbocycles. The number of benzene rings is 1. The highest BCUT2D eigenvalue weighted by molar-refractivity contribution is 6.30. The van der Waals surface area contributed by atoms with Gasteiger partial charge in [-0.3, -0.25) is 24.3 Å². The topological polar surface area (TPSA) is 99.1 Å². The van der Waals surface area contributed by atoms with Crippen molar-refractivity contribution < 1.29 is 19.5 Å². The maximum absolute atomic E-state index is 12.9. The highest BCUT2D eigenvalue weighted by atomic mass is 35.5. The molecule has 0 spiro atoms. The number of carboxylic acid groups (broad SMARTS) is 1. The first kappa shape index (κ1) is 25.8. The molecule has 1 atom stereocenters. The molecule has 0 fully saturated rings. The van der Waals surface area contributed by atoms with Gasteiger partial charge in [-0.2, -0.15) is 0 Å². The molecular formula is C24H34ClN3O4. The summed E-state index contributed by atoms with van der Waals surface area (Å²) in [6.45, 7) is 2.62. The Hall–Kier alpha value is -2.41. The number of amidine groups is 1. The average Bonchev–Trinajstić information content (AvgIpc) is 2.75. The maximum Gasteiger partial charge on any atom is 0.303 e. The van der Waals surface area contributed by atoms with E-state index in [1.54, 1.807) is 12.1 Å². The van der Waals surface area contributed by atoms with E-state index < -0.39 is 5.97 Å². The Morgan fingerprint density at radius 3 is 2.53 bits per heavy atom. The summed E-state index contributed by atoms with van der Waals surface area (Å²) in [5.74, 6) is -0.384. The van der Waals surface area contributed by atoms with Crippen LogP contribution in [-0.4, -0.2) is 46.7 Å². The predicted octanol–water partition coefficient (Wildman–Crippen LogP) is 4.74. The summed E-state index contributed by atoms with van der Waals surface area (Å²) in [5.41, 5.74) is 0.947. The van der Waals surface area contributed by atoms with Crippen molar-refractivity contribution in [2.75, 3.05) is 13.1 Å². The lowest BCUT2D eigenvalue weighted by Gasteiger charge is -2.31. The first-order chi connectivity index (χ1) is 15.4. The molecule has 2 N–H and O–H groups in total. The monoisotopic (exact) mass is 463 g/mol. The number of unbranched alkanes of at least 4 members (excludes halogenated alkanes) is 5. The van der Waals surface area contributed by atoms with Crippen LogP contribution in [0.3, 0.4) is 0 Å². The van der Waals surface area contributed by atoms with Crippen LogP contribution in [0.25, 0.3) is 0 Å². The number of rotatable bonds is 14. The number of hydrogen-bond acceptors (Lipinski definition) is 4. The summed E-state index contributed by atoms with van der Waals surface area (Å²) >= 11 is 5.98. The van der Waals surface area contributed by atoms with Crippen LogP contribution in [0.4, 0.5) is 0 Å². The van der Waals surface area contributed by atoms with Crippen LogP contribution in [0.5, 0.6) is 0 Å². The van der Waals surface area contributed by atoms with Crippen molar-refractivity contribution in [2.24, 2.45) is 4.99 Å². The molecule has 0 radical (unpaired) electrons. The first-order valence-electron chi connectivity index (χ1n) is 11.5. The molecule has 8 heteroatoms. The van der Waals surface area contributed by atoms with Crippen molar-refractivity contribution in [3.8, 4) is 0 Å². The van der Waals surface area contributed by atoms with Crippen molar-refractivity contribution in [3.63, 3.8) is 0 Å². The number of amides is 2. The van der Waals surface area contributed by atoms with Crippen molar-refractivity contribution in [1.82, 2.24) is 10.2 Å². The van der Waals surface area contributed by atoms with Crippen LogP contribution in [0, 0.1) is 0 Å². The van der Waals surface area contributed by atoms with E-state index in [-0.39, 0.29) is 37.2 Å². The first-order valence-corrected chi connectivity index (χ1v) is 11.9. The van der Waals surface area contributed by atoms with Gasteiger partial charge in [0.25, 0.3) is 0 Å². The molecule has 1 aliphatic heterocycles. The largest absolute Gasteiger partial charge is 0.481 e. The highest BCUT2D eigenvalue weighted by Gasteiger charge is 2.30. The van der Waals surface area contributed by atoms with Crippen molar-refractivity contribution in [3.05, 3.63) is 34.9 Å². The molecule has 1 aliphatic rings. The number of nitrogens with zero attached hydrogens (tertiary/aromatic N) is 2. The zero-order valence-corrected chi connectivity index (χ0v) is 19.6. The van der Waals surface area contributed by atoms with Crippen molar-refractivity contribution in [2.45, 2.75) is 77.2 Å². The van der Waals surface area contributed by atoms with Gasteiger partial charge >= 0.3 is 5.97 Å². The molecule has 2 amide bonds. The van der Waals surface area contributed by atoms with Crippen molar-refractivity contribution in [1.29, 1.82) is 0 Å². The van der Waals surface area contributed by atoms with Gasteiger partial charge in [-0.15, -0.1) is 0 Å². The van der Waals surface area contributed by atoms with Gasteiger partial charge < -0.3 is 10.4 Å². The van der Waals surface area contributed by atoms with Gasteiger partial charge in [0.05, 0.1) is 12.5 Å². The number of aliphatic imine (C=N–C) groups is 1. The number of nitrogens with one attached hydrogen (secondary N) is 1. The molecule has 1 aromatic rings. The van der Waals surface area contributed by atoms with Crippen LogP contribution in [0.2, 0.25) is 5.02 Å². The Bertz CT molecular complexity index is 795. The summed E-state index contributed by atoms with van der Waals surface area (Å²) < 4.78 is 0. The van der Waals surface area contributed by atoms with E-state index >= 15 is 0 Å². The van der Waals surface area contributed by atoms with E-state index in [2.05, 4.69) is 12.2 Å². The molecule has 1 heterocycles. The fourth-order valence-electron chi connectivity index (χ4n) is 3.69. The summed E-state index contributed by atoms with van der Waals surface area (Å²) in [4.78, 5) is 42.2. The summed E-state index contributed by atoms with van der Waals surface area (Å²) in [6.07, 6.45) is 7.24. The third-order valence-electron chi connectivity index (χ3n) is 5.49. The average molecular weight is 464 g/mol. The molecule has 1 aromatic carbocycles. The predicted molar refractivity (Wildman–Crippen MR) is 126 cm³/mol. The number of aliphatic carboxylic acids is 1. The Balaban J connectivity index is 1.92. The second kappa shape index (κ2) is 13.9. The van der Waals surface area contributed by atoms with Gasteiger partial charge in [0.2, 0.25) is 11.8 Å². The molecule has 2 rings (SSSR count). The molecular weight excluding hydrogens is 430 g/mol. The van der Waals surface area contributed by atoms with Crippen LogP contribution < -0.4 is 5.32 Å². The van der Waals surface area contributed by atoms with Gasteiger partial charge in [0, 0.05) is 24.4 Å². The molecule has 0 bridgehead atoms. The third-order valence-corrected chi connectivity index (χ3v) is 5.74. The van der Waals surface area contributed by atoms with Gasteiger partial charge in [-0.05, 0) is 37.0 Å². The lowest BCUT2D eigenvalue weighted by molar-refractivity contribution is -0.137. The molecule has 176 valence electrons. The minimum atomic E-state index is -0.779. The van der Waals surface area contributed by atoms with Crippen LogP contribution in [0.1, 0.15) is 82.7 Å². The second-order valence-electron chi connectivity index (χ2n) is 8.16. The van der Waals surface area contributed by atoms with E-state index in [0.717, 1.165) is 44.1 Å². The SMILES string of the molecule is CCCCCC1=NC(c2ccc(Cl)cc2)CC(=O)N1CC(=O)NCCCCCCC(=O)O. The van der Waals surface area contributed by atoms with Gasteiger partial charge in [-0.1, -0.05) is 56.3 Å². The molecule has 32 heavy (non-hydrogen) atoms. The lowest BCUT2D eigenvalue weighted by atomic mass is 10.0. The molecule has 1 unspecified atom stereocenters. The van der Waals surface area contributed by atoms with E-state index in [9.17, 15) is 14.4 Å². The lowest BCUT2D eigenvalue weighted by Crippen LogP contribution is -2.47. The van der Waals surface area contributed by atoms with E-state index in [0.29, 0.717) is 30.2 Å². The Morgan fingerprint density at radius 2 is 1.84 bits per heavy atom. The highest BCUT2D eigenvalue weighted by Crippen LogP contribution is 2.29. The Kier molecular flexibility index (Phi) is 11.2. The zero-order valence-electron chi connectivity index (χ0n) is 18.8. The quantitative estimate of drug-likeness (QED) is 0.389. The fourth-order valence-corrected chi connectivity index (χ4v) is 3.81. The Morgan fingerprint density at radius 1 is 1.12 bits per heavy atom. The van der Waals surface area contributed by atoms with Gasteiger partial charge in [0.1, 0.15) is 12.4 Å². The van der Waals surface area contributed by atoms with Crippen molar-refractivity contribution >= 4 is 35.2 Å². The number of carbonyl (C=O) groups excluding carboxylic acids is 2. The minimum absolute atomic E-state index is 0.0177. The number of carbonyl (C=O) groups is 3. The Labute approximate surface area is 195 Å². The zero-order chi connectivity index (χ0) is 23.3. The minimum Gasteiger partial charge on any atom is -0.481 e. The number of hydrogen-bond donors (Lipinski definition) is 2. The number of carboxylic acids is 1. The van der Waals surface area contributed by atoms with E-state index in [1.807, 2.05) is 12.1 Å². The van der Waals surface area contributed by atoms with Gasteiger partial charge in [0.15, 0.2) is 0 Å². The molecule has 0 saturated heterocycles. The number of halogens is 1. The molecule has 7 nitrogen and oxygen atoms in total. The van der Waals surface area contributed by atoms with E-state index in [1.165, 1.54) is 4.90 Å². The summed E-state index contributed by atoms with van der Waals surface area (Å²) in [7, 11) is 0. The fraction of sp³-hybridized carbons (Fsp3) is 0.583. The maximum atomic E-state index is 12.9. The second-order valence-corrected chi connectivity index (χ2v) is 8.60. The standard InChI is InChI=1S/C24H34ClN3O4/c1-2-3-6-9-21-27-20(18-11-13-19(25)14-12-18)16-23(30)28(21)17-22(29)26-15-8-5-4-7-10-24(31)32/h11-14,20H,2-10,15-17H2,1H3,(H,26,29)(H,31,32). The molecule has 0 saturated carbocycles. The summed E-state index contributed by atoms with van der Waals surface area (Å²) in [5, 5.41) is 12.2. The van der Waals surface area contributed by atoms with Crippen LogP contribution in [0.15, 0.2) is 29.3 Å². The molecule has 0 aromatic heterocycles. The van der Waals surface area contributed by atoms with Crippen LogP contribution >= 0.6 is 11.6 Å². The summed E-state index contributed by atoms with van der Waals surface area (Å²) in [6, 6.07) is 7.14.